The number of nitrogens with two attached hydrogens (primary N) is 1. The van der Waals surface area contributed by atoms with E-state index in [0.717, 1.165) is 19.4 Å². The number of rotatable bonds is 2. The number of piperidine rings is 1. The van der Waals surface area contributed by atoms with Crippen LogP contribution in [0.4, 0.5) is 5.69 Å². The van der Waals surface area contributed by atoms with Gasteiger partial charge in [-0.15, -0.1) is 0 Å². The number of likely N-dealkylation sites (tertiary alicyclic amines) is 1. The van der Waals surface area contributed by atoms with Crippen LogP contribution < -0.4 is 20.5 Å². The number of nitrogens with zero attached hydrogens (tertiary/aromatic N) is 1. The number of nitrogens with one attached hydrogen (secondary N) is 1. The average Bonchev–Trinajstić information content (AvgIpc) is 2.89. The molecule has 0 saturated carbocycles. The van der Waals surface area contributed by atoms with E-state index in [9.17, 15) is 4.79 Å². The molecule has 2 heterocycles. The lowest BCUT2D eigenvalue weighted by Crippen LogP contribution is -2.47. The van der Waals surface area contributed by atoms with Gasteiger partial charge in [-0.2, -0.15) is 0 Å². The molecule has 0 aromatic heterocycles. The molecule has 1 fully saturated rings. The normalized spacial score (nSPS) is 24.9. The van der Waals surface area contributed by atoms with Gasteiger partial charge in [0.1, 0.15) is 0 Å². The molecule has 21 heavy (non-hydrogen) atoms. The Kier molecular flexibility index (Phi) is 3.63. The minimum absolute atomic E-state index is 0.146. The van der Waals surface area contributed by atoms with Crippen molar-refractivity contribution in [1.29, 1.82) is 0 Å². The van der Waals surface area contributed by atoms with E-state index in [2.05, 4.69) is 24.2 Å². The second-order valence-corrected chi connectivity index (χ2v) is 5.82. The third kappa shape index (κ3) is 2.76. The van der Waals surface area contributed by atoms with E-state index in [1.165, 1.54) is 0 Å². The second kappa shape index (κ2) is 5.44. The zero-order chi connectivity index (χ0) is 15.0. The van der Waals surface area contributed by atoms with Gasteiger partial charge in [0.2, 0.25) is 6.79 Å². The Bertz CT molecular complexity index is 561. The van der Waals surface area contributed by atoms with Crippen LogP contribution in [0.2, 0.25) is 0 Å². The minimum atomic E-state index is -0.146. The average molecular weight is 291 g/mol. The van der Waals surface area contributed by atoms with Crippen LogP contribution >= 0.6 is 0 Å². The van der Waals surface area contributed by atoms with E-state index in [1.54, 1.807) is 12.1 Å². The first-order valence-electron chi connectivity index (χ1n) is 7.25. The standard InChI is InChI=1S/C15H21N3O3/c1-9-5-10(3-4-18(9)2)17-15(19)11-6-13-14(7-12(11)16)21-8-20-13/h6-7,9-10H,3-5,8,16H2,1-2H3,(H,17,19). The first kappa shape index (κ1) is 14.0. The molecule has 0 aliphatic carbocycles. The van der Waals surface area contributed by atoms with Gasteiger partial charge in [0.05, 0.1) is 5.56 Å². The third-order valence-corrected chi connectivity index (χ3v) is 4.33. The van der Waals surface area contributed by atoms with Gasteiger partial charge < -0.3 is 25.4 Å². The number of carbonyl (C=O) groups excluding carboxylic acids is 1. The van der Waals surface area contributed by atoms with E-state index in [4.69, 9.17) is 15.2 Å². The van der Waals surface area contributed by atoms with Crippen LogP contribution in [0.15, 0.2) is 12.1 Å². The molecule has 1 saturated heterocycles. The van der Waals surface area contributed by atoms with Crippen molar-refractivity contribution >= 4 is 11.6 Å². The van der Waals surface area contributed by atoms with Gasteiger partial charge in [-0.1, -0.05) is 0 Å². The fraction of sp³-hybridized carbons (Fsp3) is 0.533. The van der Waals surface area contributed by atoms with E-state index in [0.29, 0.717) is 28.8 Å². The Morgan fingerprint density at radius 3 is 2.81 bits per heavy atom. The summed E-state index contributed by atoms with van der Waals surface area (Å²) < 4.78 is 10.6. The molecule has 2 aliphatic heterocycles. The first-order valence-corrected chi connectivity index (χ1v) is 7.25. The van der Waals surface area contributed by atoms with Crippen molar-refractivity contribution in [1.82, 2.24) is 10.2 Å². The van der Waals surface area contributed by atoms with E-state index in [-0.39, 0.29) is 18.7 Å². The number of nitrogen functional groups attached to an aromatic ring is 1. The van der Waals surface area contributed by atoms with Crippen LogP contribution in [0.25, 0.3) is 0 Å². The summed E-state index contributed by atoms with van der Waals surface area (Å²) in [5.41, 5.74) is 6.81. The van der Waals surface area contributed by atoms with Gasteiger partial charge in [-0.25, -0.2) is 0 Å². The summed E-state index contributed by atoms with van der Waals surface area (Å²) >= 11 is 0. The summed E-state index contributed by atoms with van der Waals surface area (Å²) in [6.07, 6.45) is 1.91. The number of hydrogen-bond donors (Lipinski definition) is 2. The van der Waals surface area contributed by atoms with Gasteiger partial charge in [-0.3, -0.25) is 4.79 Å². The molecule has 1 aromatic rings. The summed E-state index contributed by atoms with van der Waals surface area (Å²) in [6.45, 7) is 3.34. The Balaban J connectivity index is 1.71. The van der Waals surface area contributed by atoms with Gasteiger partial charge >= 0.3 is 0 Å². The summed E-state index contributed by atoms with van der Waals surface area (Å²) in [6, 6.07) is 3.96. The molecule has 1 amide bonds. The Morgan fingerprint density at radius 2 is 2.10 bits per heavy atom. The Labute approximate surface area is 124 Å². The lowest BCUT2D eigenvalue weighted by atomic mass is 9.98. The number of fused-ring (bicyclic) bond motifs is 1. The molecule has 6 nitrogen and oxygen atoms in total. The van der Waals surface area contributed by atoms with Crippen molar-refractivity contribution in [3.8, 4) is 11.5 Å². The smallest absolute Gasteiger partial charge is 0.253 e. The molecule has 6 heteroatoms. The molecule has 3 N–H and O–H groups in total. The highest BCUT2D eigenvalue weighted by Gasteiger charge is 2.26. The highest BCUT2D eigenvalue weighted by molar-refractivity contribution is 6.00. The van der Waals surface area contributed by atoms with Crippen LogP contribution in [0.5, 0.6) is 11.5 Å². The van der Waals surface area contributed by atoms with Crippen molar-refractivity contribution in [2.45, 2.75) is 31.8 Å². The summed E-state index contributed by atoms with van der Waals surface area (Å²) in [7, 11) is 2.11. The molecule has 2 aliphatic rings. The third-order valence-electron chi connectivity index (χ3n) is 4.33. The van der Waals surface area contributed by atoms with Crippen molar-refractivity contribution in [3.63, 3.8) is 0 Å². The van der Waals surface area contributed by atoms with Gasteiger partial charge in [-0.05, 0) is 32.9 Å². The summed E-state index contributed by atoms with van der Waals surface area (Å²) in [5.74, 6) is 1.02. The molecular formula is C15H21N3O3. The Hall–Kier alpha value is -1.95. The number of carbonyl (C=O) groups is 1. The number of ether oxygens (including phenoxy) is 2. The molecule has 3 rings (SSSR count). The van der Waals surface area contributed by atoms with Gasteiger partial charge in [0.15, 0.2) is 11.5 Å². The highest BCUT2D eigenvalue weighted by Crippen LogP contribution is 2.36. The molecule has 0 radical (unpaired) electrons. The topological polar surface area (TPSA) is 76.8 Å². The SMILES string of the molecule is CC1CC(NC(=O)c2cc3c(cc2N)OCO3)CCN1C. The number of hydrogen-bond acceptors (Lipinski definition) is 5. The van der Waals surface area contributed by atoms with E-state index in [1.807, 2.05) is 0 Å². The predicted octanol–water partition coefficient (Wildman–Crippen LogP) is 1.21. The maximum absolute atomic E-state index is 12.4. The molecule has 0 bridgehead atoms. The van der Waals surface area contributed by atoms with Crippen molar-refractivity contribution in [3.05, 3.63) is 17.7 Å². The maximum atomic E-state index is 12.4. The van der Waals surface area contributed by atoms with E-state index >= 15 is 0 Å². The zero-order valence-electron chi connectivity index (χ0n) is 12.4. The van der Waals surface area contributed by atoms with Crippen LogP contribution in [-0.4, -0.2) is 43.3 Å². The lowest BCUT2D eigenvalue weighted by Gasteiger charge is -2.35. The lowest BCUT2D eigenvalue weighted by molar-refractivity contribution is 0.0897. The monoisotopic (exact) mass is 291 g/mol. The molecule has 2 unspecified atom stereocenters. The summed E-state index contributed by atoms with van der Waals surface area (Å²) in [5, 5.41) is 3.08. The fourth-order valence-corrected chi connectivity index (χ4v) is 2.84. The quantitative estimate of drug-likeness (QED) is 0.801. The van der Waals surface area contributed by atoms with Crippen LogP contribution in [-0.2, 0) is 0 Å². The fourth-order valence-electron chi connectivity index (χ4n) is 2.84. The first-order chi connectivity index (χ1) is 10.0. The summed E-state index contributed by atoms with van der Waals surface area (Å²) in [4.78, 5) is 14.7. The van der Waals surface area contributed by atoms with Gasteiger partial charge in [0.25, 0.3) is 5.91 Å². The Morgan fingerprint density at radius 1 is 1.38 bits per heavy atom. The zero-order valence-corrected chi connectivity index (χ0v) is 12.4. The van der Waals surface area contributed by atoms with Crippen molar-refractivity contribution < 1.29 is 14.3 Å². The van der Waals surface area contributed by atoms with Crippen LogP contribution in [0.1, 0.15) is 30.1 Å². The number of benzene rings is 1. The van der Waals surface area contributed by atoms with Crippen molar-refractivity contribution in [2.75, 3.05) is 26.1 Å². The molecule has 2 atom stereocenters. The van der Waals surface area contributed by atoms with Crippen LogP contribution in [0.3, 0.4) is 0 Å². The van der Waals surface area contributed by atoms with Crippen LogP contribution in [0, 0.1) is 0 Å². The second-order valence-electron chi connectivity index (χ2n) is 5.82. The highest BCUT2D eigenvalue weighted by atomic mass is 16.7. The largest absolute Gasteiger partial charge is 0.454 e. The van der Waals surface area contributed by atoms with Crippen molar-refractivity contribution in [2.24, 2.45) is 0 Å². The number of amides is 1. The van der Waals surface area contributed by atoms with E-state index < -0.39 is 0 Å². The predicted molar refractivity (Wildman–Crippen MR) is 79.6 cm³/mol. The molecule has 114 valence electrons. The minimum Gasteiger partial charge on any atom is -0.454 e. The molecule has 0 spiro atoms. The van der Waals surface area contributed by atoms with Gasteiger partial charge in [0, 0.05) is 30.4 Å². The molecule has 1 aromatic carbocycles. The maximum Gasteiger partial charge on any atom is 0.253 e. The number of anilines is 1. The molecular weight excluding hydrogens is 270 g/mol.